The number of aliphatic carboxylic acids is 1. The maximum absolute atomic E-state index is 13.4. The van der Waals surface area contributed by atoms with E-state index in [-0.39, 0.29) is 17.3 Å². The fraction of sp³-hybridized carbons (Fsp3) is 0.250. The zero-order valence-electron chi connectivity index (χ0n) is 17.1. The Hall–Kier alpha value is -3.39. The zero-order valence-corrected chi connectivity index (χ0v) is 17.9. The van der Waals surface area contributed by atoms with E-state index in [4.69, 9.17) is 4.42 Å². The van der Waals surface area contributed by atoms with Gasteiger partial charge in [0.25, 0.3) is 0 Å². The molecule has 1 amide bonds. The van der Waals surface area contributed by atoms with Gasteiger partial charge in [0.05, 0.1) is 11.5 Å². The van der Waals surface area contributed by atoms with Crippen LogP contribution in [0.3, 0.4) is 0 Å². The fourth-order valence-electron chi connectivity index (χ4n) is 3.89. The first-order chi connectivity index (χ1) is 15.5. The molecular formula is C24H21NO6S. The average Bonchev–Trinajstić information content (AvgIpc) is 3.46. The molecule has 1 N–H and O–H groups in total. The third-order valence-electron chi connectivity index (χ3n) is 5.50. The number of likely N-dealkylation sites (tertiary alicyclic amines) is 1. The molecule has 1 aliphatic rings. The quantitative estimate of drug-likeness (QED) is 0.541. The molecule has 0 aliphatic carbocycles. The third-order valence-corrected chi connectivity index (χ3v) is 6.62. The number of Topliss-reactive ketones (excluding diaryl/α,β-unsaturated/α-hetero) is 1. The van der Waals surface area contributed by atoms with Crippen molar-refractivity contribution >= 4 is 45.3 Å². The highest BCUT2D eigenvalue weighted by Gasteiger charge is 2.37. The number of furan rings is 1. The van der Waals surface area contributed by atoms with Crippen molar-refractivity contribution in [3.63, 3.8) is 0 Å². The normalized spacial score (nSPS) is 16.8. The molecule has 1 saturated heterocycles. The number of carbonyl (C=O) groups excluding carboxylic acids is 3. The number of ketones is 1. The molecule has 8 heteroatoms. The molecule has 0 bridgehead atoms. The van der Waals surface area contributed by atoms with Crippen LogP contribution < -0.4 is 0 Å². The molecule has 1 fully saturated rings. The van der Waals surface area contributed by atoms with Crippen molar-refractivity contribution in [3.05, 3.63) is 72.2 Å². The number of nitrogens with zero attached hydrogens (tertiary/aromatic N) is 1. The summed E-state index contributed by atoms with van der Waals surface area (Å²) in [4.78, 5) is 52.0. The van der Waals surface area contributed by atoms with Crippen LogP contribution in [0.25, 0.3) is 10.8 Å². The standard InChI is InChI=1S/C24H21NO6S/c26-20(25-12-6-11-18(25)23(28)29)13-19(32-24(30)15-7-2-1-3-8-15)21(27)22-17-10-5-4-9-16(17)14-31-22/h1-5,7-10,14,18-19H,6,11-13H2,(H,28,29)/t18-,19?/m0/s1. The van der Waals surface area contributed by atoms with Gasteiger partial charge in [-0.1, -0.05) is 66.4 Å². The Balaban J connectivity index is 1.61. The van der Waals surface area contributed by atoms with Crippen LogP contribution in [0.2, 0.25) is 0 Å². The number of carboxylic acid groups (broad SMARTS) is 1. The summed E-state index contributed by atoms with van der Waals surface area (Å²) in [7, 11) is 0. The van der Waals surface area contributed by atoms with E-state index >= 15 is 0 Å². The van der Waals surface area contributed by atoms with Crippen LogP contribution in [-0.4, -0.2) is 50.6 Å². The molecule has 32 heavy (non-hydrogen) atoms. The van der Waals surface area contributed by atoms with Gasteiger partial charge in [-0.2, -0.15) is 0 Å². The lowest BCUT2D eigenvalue weighted by Crippen LogP contribution is -2.42. The van der Waals surface area contributed by atoms with Gasteiger partial charge in [0, 0.05) is 29.3 Å². The van der Waals surface area contributed by atoms with Crippen LogP contribution in [0.1, 0.15) is 40.2 Å². The van der Waals surface area contributed by atoms with Gasteiger partial charge in [-0.3, -0.25) is 14.4 Å². The number of rotatable bonds is 7. The summed E-state index contributed by atoms with van der Waals surface area (Å²) in [6, 6.07) is 14.7. The second-order valence-corrected chi connectivity index (χ2v) is 8.74. The molecule has 0 radical (unpaired) electrons. The van der Waals surface area contributed by atoms with E-state index in [1.165, 1.54) is 11.2 Å². The summed E-state index contributed by atoms with van der Waals surface area (Å²) >= 11 is 0.766. The maximum atomic E-state index is 13.4. The lowest BCUT2D eigenvalue weighted by molar-refractivity contribution is -0.148. The van der Waals surface area contributed by atoms with Crippen LogP contribution in [-0.2, 0) is 9.59 Å². The molecule has 4 rings (SSSR count). The number of fused-ring (bicyclic) bond motifs is 1. The smallest absolute Gasteiger partial charge is 0.326 e. The zero-order chi connectivity index (χ0) is 22.7. The summed E-state index contributed by atoms with van der Waals surface area (Å²) in [6.45, 7) is 0.317. The van der Waals surface area contributed by atoms with Crippen molar-refractivity contribution in [2.24, 2.45) is 0 Å². The van der Waals surface area contributed by atoms with E-state index in [1.807, 2.05) is 6.07 Å². The van der Waals surface area contributed by atoms with E-state index in [0.29, 0.717) is 30.3 Å². The number of hydrogen-bond acceptors (Lipinski definition) is 6. The molecule has 0 spiro atoms. The molecule has 0 saturated carbocycles. The van der Waals surface area contributed by atoms with Crippen molar-refractivity contribution in [3.8, 4) is 0 Å². The molecule has 164 valence electrons. The van der Waals surface area contributed by atoms with Crippen molar-refractivity contribution in [1.82, 2.24) is 4.90 Å². The molecule has 2 atom stereocenters. The molecule has 1 aliphatic heterocycles. The number of hydrogen-bond donors (Lipinski definition) is 1. The fourth-order valence-corrected chi connectivity index (χ4v) is 4.86. The first kappa shape index (κ1) is 21.8. The van der Waals surface area contributed by atoms with E-state index in [0.717, 1.165) is 17.1 Å². The van der Waals surface area contributed by atoms with Gasteiger partial charge in [0.15, 0.2) is 5.76 Å². The average molecular weight is 452 g/mol. The van der Waals surface area contributed by atoms with Gasteiger partial charge in [-0.15, -0.1) is 0 Å². The largest absolute Gasteiger partial charge is 0.480 e. The highest BCUT2D eigenvalue weighted by Crippen LogP contribution is 2.30. The van der Waals surface area contributed by atoms with Crippen molar-refractivity contribution < 1.29 is 28.7 Å². The van der Waals surface area contributed by atoms with E-state index in [2.05, 4.69) is 0 Å². The second kappa shape index (κ2) is 9.40. The van der Waals surface area contributed by atoms with Crippen molar-refractivity contribution in [2.45, 2.75) is 30.6 Å². The highest BCUT2D eigenvalue weighted by atomic mass is 32.2. The number of carboxylic acids is 1. The summed E-state index contributed by atoms with van der Waals surface area (Å²) in [6.07, 6.45) is 2.13. The predicted octanol–water partition coefficient (Wildman–Crippen LogP) is 4.02. The summed E-state index contributed by atoms with van der Waals surface area (Å²) < 4.78 is 5.52. The van der Waals surface area contributed by atoms with Crippen LogP contribution >= 0.6 is 11.8 Å². The Morgan fingerprint density at radius 2 is 1.78 bits per heavy atom. The highest BCUT2D eigenvalue weighted by molar-refractivity contribution is 8.15. The van der Waals surface area contributed by atoms with Crippen LogP contribution in [0.15, 0.2) is 65.3 Å². The van der Waals surface area contributed by atoms with Crippen LogP contribution in [0.4, 0.5) is 0 Å². The van der Waals surface area contributed by atoms with Gasteiger partial charge in [0.1, 0.15) is 6.04 Å². The molecule has 1 unspecified atom stereocenters. The van der Waals surface area contributed by atoms with Gasteiger partial charge in [-0.25, -0.2) is 4.79 Å². The lowest BCUT2D eigenvalue weighted by Gasteiger charge is -2.23. The summed E-state index contributed by atoms with van der Waals surface area (Å²) in [5, 5.41) is 9.36. The minimum absolute atomic E-state index is 0.0861. The van der Waals surface area contributed by atoms with Crippen LogP contribution in [0.5, 0.6) is 0 Å². The lowest BCUT2D eigenvalue weighted by atomic mass is 10.1. The Bertz CT molecular complexity index is 1170. The first-order valence-electron chi connectivity index (χ1n) is 10.2. The number of benzene rings is 2. The summed E-state index contributed by atoms with van der Waals surface area (Å²) in [5.41, 5.74) is 0.414. The SMILES string of the molecule is O=C(SC(CC(=O)N1CCC[C@H]1C(=O)O)C(=O)c1occ2ccccc12)c1ccccc1. The molecule has 3 aromatic rings. The van der Waals surface area contributed by atoms with Gasteiger partial charge >= 0.3 is 5.97 Å². The minimum Gasteiger partial charge on any atom is -0.480 e. The molecule has 2 aromatic carbocycles. The number of thioether (sulfide) groups is 1. The second-order valence-electron chi connectivity index (χ2n) is 7.56. The van der Waals surface area contributed by atoms with Gasteiger partial charge in [-0.05, 0) is 12.8 Å². The van der Waals surface area contributed by atoms with E-state index in [1.54, 1.807) is 48.5 Å². The minimum atomic E-state index is -1.07. The molecule has 2 heterocycles. The monoisotopic (exact) mass is 451 g/mol. The number of amides is 1. The predicted molar refractivity (Wildman–Crippen MR) is 120 cm³/mol. The number of carbonyl (C=O) groups is 4. The van der Waals surface area contributed by atoms with Crippen molar-refractivity contribution in [2.75, 3.05) is 6.54 Å². The topological polar surface area (TPSA) is 105 Å². The Kier molecular flexibility index (Phi) is 6.41. The van der Waals surface area contributed by atoms with Crippen LogP contribution in [0, 0.1) is 0 Å². The van der Waals surface area contributed by atoms with E-state index in [9.17, 15) is 24.3 Å². The maximum Gasteiger partial charge on any atom is 0.326 e. The van der Waals surface area contributed by atoms with Gasteiger partial charge in [0.2, 0.25) is 16.8 Å². The van der Waals surface area contributed by atoms with Crippen molar-refractivity contribution in [1.29, 1.82) is 0 Å². The van der Waals surface area contributed by atoms with E-state index < -0.39 is 29.0 Å². The Morgan fingerprint density at radius 1 is 1.06 bits per heavy atom. The molecule has 1 aromatic heterocycles. The Morgan fingerprint density at radius 3 is 2.53 bits per heavy atom. The summed E-state index contributed by atoms with van der Waals surface area (Å²) in [5.74, 6) is -1.91. The molecular weight excluding hydrogens is 430 g/mol. The van der Waals surface area contributed by atoms with Gasteiger partial charge < -0.3 is 14.4 Å². The first-order valence-corrected chi connectivity index (χ1v) is 11.1. The molecule has 7 nitrogen and oxygen atoms in total. The Labute approximate surface area is 188 Å². The third kappa shape index (κ3) is 4.45.